The zero-order chi connectivity index (χ0) is 27.6. The van der Waals surface area contributed by atoms with E-state index in [1.54, 1.807) is 6.20 Å². The van der Waals surface area contributed by atoms with Gasteiger partial charge in [-0.2, -0.15) is 0 Å². The van der Waals surface area contributed by atoms with Gasteiger partial charge in [0, 0.05) is 46.3 Å². The maximum atomic E-state index is 4.30. The molecule has 3 aliphatic heterocycles. The number of anilines is 4. The topological polar surface area (TPSA) is 40.4 Å². The van der Waals surface area contributed by atoms with Crippen molar-refractivity contribution in [1.82, 2.24) is 15.0 Å². The second kappa shape index (κ2) is 8.98. The Morgan fingerprint density at radius 3 is 1.81 bits per heavy atom. The first-order valence-corrected chi connectivity index (χ1v) is 14.2. The molecule has 0 atom stereocenters. The number of benzene rings is 5. The summed E-state index contributed by atoms with van der Waals surface area (Å²) in [5, 5.41) is 8.36. The first kappa shape index (κ1) is 23.2. The van der Waals surface area contributed by atoms with Gasteiger partial charge in [0.15, 0.2) is 0 Å². The summed E-state index contributed by atoms with van der Waals surface area (Å²) in [6.45, 7) is 0.768. The Morgan fingerprint density at radius 2 is 1.14 bits per heavy atom. The average molecular weight is 540 g/mol. The molecule has 5 aromatic carbocycles. The number of rotatable bonds is 3. The fraction of sp³-hybridized carbons (Fsp3) is 0.0286. The number of para-hydroxylation sites is 3. The summed E-state index contributed by atoms with van der Waals surface area (Å²) in [4.78, 5) is 7.12. The Bertz CT molecular complexity index is 2000. The van der Waals surface area contributed by atoms with E-state index in [-0.39, 0.29) is 6.85 Å². The maximum absolute atomic E-state index is 4.30. The molecule has 6 aromatic rings. The Balaban J connectivity index is 1.24. The van der Waals surface area contributed by atoms with E-state index in [1.807, 2.05) is 10.9 Å². The van der Waals surface area contributed by atoms with Crippen molar-refractivity contribution >= 4 is 40.5 Å². The highest BCUT2D eigenvalue weighted by atomic mass is 15.4. The third-order valence-electron chi connectivity index (χ3n) is 8.66. The molecule has 42 heavy (non-hydrogen) atoms. The van der Waals surface area contributed by atoms with Crippen LogP contribution in [0.25, 0.3) is 27.9 Å². The van der Waals surface area contributed by atoms with Crippen LogP contribution in [0.2, 0.25) is 0 Å². The van der Waals surface area contributed by atoms with Crippen molar-refractivity contribution in [1.29, 1.82) is 0 Å². The molecule has 0 radical (unpaired) electrons. The number of fused-ring (bicyclic) bond motifs is 11. The molecule has 0 fully saturated rings. The summed E-state index contributed by atoms with van der Waals surface area (Å²) in [5.41, 5.74) is 13.4. The van der Waals surface area contributed by atoms with E-state index in [1.165, 1.54) is 55.9 Å². The molecule has 0 saturated heterocycles. The van der Waals surface area contributed by atoms with Gasteiger partial charge in [0.1, 0.15) is 0 Å². The lowest BCUT2D eigenvalue weighted by molar-refractivity contribution is 0.804. The smallest absolute Gasteiger partial charge is 0.329 e. The second-order valence-corrected chi connectivity index (χ2v) is 10.9. The zero-order valence-corrected chi connectivity index (χ0v) is 22.7. The molecule has 0 unspecified atom stereocenters. The SMILES string of the molecule is C1=CN(c2ccc3c(c2)B2c4cc(-n5ccnn5)ccc4-c4ccccc4N2c2ccccc2-3)CN1c1ccccc1. The van der Waals surface area contributed by atoms with Crippen LogP contribution in [0.5, 0.6) is 0 Å². The van der Waals surface area contributed by atoms with Crippen molar-refractivity contribution in [3.05, 3.63) is 140 Å². The molecule has 0 aliphatic carbocycles. The first-order valence-electron chi connectivity index (χ1n) is 14.2. The molecule has 9 rings (SSSR count). The number of aromatic nitrogens is 3. The van der Waals surface area contributed by atoms with Crippen LogP contribution in [0.3, 0.4) is 0 Å². The fourth-order valence-corrected chi connectivity index (χ4v) is 6.76. The third kappa shape index (κ3) is 3.40. The molecule has 198 valence electrons. The molecular formula is C35H25BN6. The van der Waals surface area contributed by atoms with E-state index in [2.05, 4.69) is 153 Å². The van der Waals surface area contributed by atoms with Gasteiger partial charge in [0.25, 0.3) is 0 Å². The van der Waals surface area contributed by atoms with Crippen LogP contribution in [-0.4, -0.2) is 28.5 Å². The second-order valence-electron chi connectivity index (χ2n) is 10.9. The van der Waals surface area contributed by atoms with Gasteiger partial charge in [-0.15, -0.1) is 5.10 Å². The minimum absolute atomic E-state index is 0.0000282. The number of hydrogen-bond acceptors (Lipinski definition) is 5. The van der Waals surface area contributed by atoms with Crippen molar-refractivity contribution < 1.29 is 0 Å². The molecule has 0 amide bonds. The molecule has 0 bridgehead atoms. The maximum Gasteiger partial charge on any atom is 0.329 e. The Labute approximate surface area is 244 Å². The van der Waals surface area contributed by atoms with Crippen LogP contribution in [0, 0.1) is 0 Å². The van der Waals surface area contributed by atoms with E-state index >= 15 is 0 Å². The molecule has 4 heterocycles. The quantitative estimate of drug-likeness (QED) is 0.261. The number of nitrogens with zero attached hydrogens (tertiary/aromatic N) is 6. The van der Waals surface area contributed by atoms with Gasteiger partial charge in [0.05, 0.1) is 24.7 Å². The molecule has 7 heteroatoms. The summed E-state index contributed by atoms with van der Waals surface area (Å²) < 4.78 is 1.84. The normalized spacial score (nSPS) is 14.3. The average Bonchev–Trinajstić information content (AvgIpc) is 3.78. The van der Waals surface area contributed by atoms with Crippen molar-refractivity contribution in [2.24, 2.45) is 0 Å². The molecule has 6 nitrogen and oxygen atoms in total. The van der Waals surface area contributed by atoms with Gasteiger partial charge in [-0.25, -0.2) is 4.68 Å². The van der Waals surface area contributed by atoms with Crippen molar-refractivity contribution in [3.63, 3.8) is 0 Å². The van der Waals surface area contributed by atoms with Crippen molar-refractivity contribution in [3.8, 4) is 27.9 Å². The summed E-state index contributed by atoms with van der Waals surface area (Å²) >= 11 is 0. The van der Waals surface area contributed by atoms with Crippen LogP contribution < -0.4 is 25.5 Å². The lowest BCUT2D eigenvalue weighted by Crippen LogP contribution is -2.59. The molecule has 1 aromatic heterocycles. The van der Waals surface area contributed by atoms with Gasteiger partial charge in [-0.1, -0.05) is 71.9 Å². The van der Waals surface area contributed by atoms with Crippen LogP contribution in [0.4, 0.5) is 22.7 Å². The van der Waals surface area contributed by atoms with E-state index in [0.717, 1.165) is 12.4 Å². The largest absolute Gasteiger partial charge is 0.376 e. The van der Waals surface area contributed by atoms with E-state index in [0.29, 0.717) is 0 Å². The molecule has 0 N–H and O–H groups in total. The van der Waals surface area contributed by atoms with Crippen LogP contribution in [-0.2, 0) is 0 Å². The summed E-state index contributed by atoms with van der Waals surface area (Å²) in [6, 6.07) is 41.7. The number of hydrogen-bond donors (Lipinski definition) is 0. The van der Waals surface area contributed by atoms with Crippen LogP contribution >= 0.6 is 0 Å². The zero-order valence-electron chi connectivity index (χ0n) is 22.7. The van der Waals surface area contributed by atoms with Crippen LogP contribution in [0.1, 0.15) is 0 Å². The Morgan fingerprint density at radius 1 is 0.548 bits per heavy atom. The minimum Gasteiger partial charge on any atom is -0.376 e. The predicted octanol–water partition coefficient (Wildman–Crippen LogP) is 5.93. The standard InChI is InChI=1S/C35H25BN6/c1-2-8-25(9-3-1)39-20-21-40(24-39)26-14-16-28-30-10-4-6-12-34(30)42-35-13-7-5-11-31(35)29-17-15-27(41-19-18-37-38-41)23-33(29)36(42)32(28)22-26/h1-23H,24H2. The molecule has 0 saturated carbocycles. The molecule has 0 spiro atoms. The Hall–Kier alpha value is -5.56. The summed E-state index contributed by atoms with van der Waals surface area (Å²) in [6.07, 6.45) is 7.96. The fourth-order valence-electron chi connectivity index (χ4n) is 6.76. The lowest BCUT2D eigenvalue weighted by atomic mass is 9.43. The predicted molar refractivity (Wildman–Crippen MR) is 171 cm³/mol. The van der Waals surface area contributed by atoms with Gasteiger partial charge in [-0.3, -0.25) is 0 Å². The van der Waals surface area contributed by atoms with Crippen molar-refractivity contribution in [2.45, 2.75) is 0 Å². The van der Waals surface area contributed by atoms with E-state index in [9.17, 15) is 0 Å². The highest BCUT2D eigenvalue weighted by Crippen LogP contribution is 2.46. The van der Waals surface area contributed by atoms with Gasteiger partial charge >= 0.3 is 6.85 Å². The Kier molecular flexibility index (Phi) is 4.95. The molecular weight excluding hydrogens is 515 g/mol. The monoisotopic (exact) mass is 540 g/mol. The third-order valence-corrected chi connectivity index (χ3v) is 8.66. The van der Waals surface area contributed by atoms with Gasteiger partial charge < -0.3 is 14.6 Å². The summed E-state index contributed by atoms with van der Waals surface area (Å²) in [7, 11) is 0. The van der Waals surface area contributed by atoms with E-state index in [4.69, 9.17) is 0 Å². The lowest BCUT2D eigenvalue weighted by Gasteiger charge is -2.43. The summed E-state index contributed by atoms with van der Waals surface area (Å²) in [5.74, 6) is 0. The highest BCUT2D eigenvalue weighted by molar-refractivity contribution is 6.92. The molecule has 3 aliphatic rings. The van der Waals surface area contributed by atoms with Gasteiger partial charge in [-0.05, 0) is 70.6 Å². The first-order chi connectivity index (χ1) is 20.8. The van der Waals surface area contributed by atoms with Crippen LogP contribution in [0.15, 0.2) is 140 Å². The van der Waals surface area contributed by atoms with Crippen molar-refractivity contribution in [2.75, 3.05) is 21.3 Å². The highest BCUT2D eigenvalue weighted by Gasteiger charge is 2.42. The van der Waals surface area contributed by atoms with Gasteiger partial charge in [0.2, 0.25) is 0 Å². The van der Waals surface area contributed by atoms with E-state index < -0.39 is 0 Å². The minimum atomic E-state index is 0.0000282.